The van der Waals surface area contributed by atoms with Crippen LogP contribution in [-0.2, 0) is 11.8 Å². The molecular weight excluding hydrogens is 274 g/mol. The van der Waals surface area contributed by atoms with Crippen molar-refractivity contribution in [1.29, 1.82) is 0 Å². The minimum Gasteiger partial charge on any atom is -0.436 e. The Hall–Kier alpha value is -1.69. The van der Waals surface area contributed by atoms with Crippen molar-refractivity contribution < 1.29 is 9.21 Å². The molecule has 3 rings (SSSR count). The number of hydrogen-bond acceptors (Lipinski definition) is 5. The smallest absolute Gasteiger partial charge is 0.295 e. The molecule has 106 valence electrons. The number of hydrogen-bond donors (Lipinski definition) is 1. The van der Waals surface area contributed by atoms with Gasteiger partial charge >= 0.3 is 0 Å². The van der Waals surface area contributed by atoms with Crippen LogP contribution in [0.3, 0.4) is 0 Å². The zero-order valence-electron chi connectivity index (χ0n) is 12.0. The highest BCUT2D eigenvalue weighted by molar-refractivity contribution is 7.16. The fourth-order valence-electron chi connectivity index (χ4n) is 2.54. The van der Waals surface area contributed by atoms with E-state index in [-0.39, 0.29) is 17.1 Å². The first kappa shape index (κ1) is 13.3. The third-order valence-electron chi connectivity index (χ3n) is 3.65. The summed E-state index contributed by atoms with van der Waals surface area (Å²) in [5.74, 6) is 0.473. The molecule has 5 nitrogen and oxygen atoms in total. The first-order valence-corrected chi connectivity index (χ1v) is 7.44. The summed E-state index contributed by atoms with van der Waals surface area (Å²) in [5.41, 5.74) is 1.82. The van der Waals surface area contributed by atoms with Crippen molar-refractivity contribution in [2.24, 2.45) is 0 Å². The van der Waals surface area contributed by atoms with Crippen molar-refractivity contribution in [3.8, 4) is 0 Å². The molecular formula is C14H17N3O2S. The molecule has 0 unspecified atom stereocenters. The number of fused-ring (bicyclic) bond motifs is 1. The number of carbonyl (C=O) groups is 1. The predicted molar refractivity (Wildman–Crippen MR) is 77.4 cm³/mol. The molecule has 0 aliphatic heterocycles. The number of aryl methyl sites for hydroxylation is 3. The van der Waals surface area contributed by atoms with Crippen molar-refractivity contribution in [3.63, 3.8) is 0 Å². The first-order valence-electron chi connectivity index (χ1n) is 6.62. The van der Waals surface area contributed by atoms with Gasteiger partial charge in [-0.2, -0.15) is 0 Å². The van der Waals surface area contributed by atoms with Gasteiger partial charge in [-0.05, 0) is 19.8 Å². The number of oxazole rings is 1. The van der Waals surface area contributed by atoms with Crippen LogP contribution in [0.5, 0.6) is 0 Å². The van der Waals surface area contributed by atoms with Gasteiger partial charge in [0.05, 0.1) is 11.4 Å². The SMILES string of the molecule is Cc1nc(C)c(C(=O)Nc2nc3c(s2)CCC3(C)C)o1. The molecule has 1 aliphatic rings. The van der Waals surface area contributed by atoms with E-state index in [1.165, 1.54) is 4.88 Å². The van der Waals surface area contributed by atoms with E-state index < -0.39 is 0 Å². The average molecular weight is 291 g/mol. The van der Waals surface area contributed by atoms with Crippen LogP contribution < -0.4 is 5.32 Å². The predicted octanol–water partition coefficient (Wildman–Crippen LogP) is 3.22. The van der Waals surface area contributed by atoms with Crippen molar-refractivity contribution in [2.45, 2.75) is 46.0 Å². The standard InChI is InChI=1S/C14H17N3O2S/c1-7-10(19-8(2)15-7)12(18)17-13-16-11-9(20-13)5-6-14(11,3)4/h5-6H2,1-4H3,(H,16,17,18). The number of nitrogens with one attached hydrogen (secondary N) is 1. The van der Waals surface area contributed by atoms with Crippen LogP contribution in [0.1, 0.15) is 53.0 Å². The second-order valence-corrected chi connectivity index (χ2v) is 6.86. The van der Waals surface area contributed by atoms with Gasteiger partial charge in [-0.15, -0.1) is 11.3 Å². The van der Waals surface area contributed by atoms with Crippen LogP contribution in [-0.4, -0.2) is 15.9 Å². The number of rotatable bonds is 2. The normalized spacial score (nSPS) is 16.2. The van der Waals surface area contributed by atoms with Crippen molar-refractivity contribution >= 4 is 22.4 Å². The van der Waals surface area contributed by atoms with Gasteiger partial charge in [0.15, 0.2) is 11.0 Å². The highest BCUT2D eigenvalue weighted by Crippen LogP contribution is 2.42. The van der Waals surface area contributed by atoms with E-state index in [9.17, 15) is 4.79 Å². The van der Waals surface area contributed by atoms with Gasteiger partial charge in [0.1, 0.15) is 0 Å². The van der Waals surface area contributed by atoms with Gasteiger partial charge in [0, 0.05) is 17.2 Å². The summed E-state index contributed by atoms with van der Waals surface area (Å²) in [4.78, 5) is 22.1. The Morgan fingerprint density at radius 1 is 1.35 bits per heavy atom. The number of aromatic nitrogens is 2. The molecule has 2 heterocycles. The minimum absolute atomic E-state index is 0.105. The zero-order valence-corrected chi connectivity index (χ0v) is 12.8. The monoisotopic (exact) mass is 291 g/mol. The zero-order chi connectivity index (χ0) is 14.5. The third kappa shape index (κ3) is 2.14. The molecule has 1 aliphatic carbocycles. The van der Waals surface area contributed by atoms with Gasteiger partial charge in [-0.1, -0.05) is 13.8 Å². The van der Waals surface area contributed by atoms with Crippen molar-refractivity contribution in [3.05, 3.63) is 27.9 Å². The maximum absolute atomic E-state index is 12.2. The largest absolute Gasteiger partial charge is 0.436 e. The fourth-order valence-corrected chi connectivity index (χ4v) is 3.68. The van der Waals surface area contributed by atoms with Crippen LogP contribution in [0.25, 0.3) is 0 Å². The summed E-state index contributed by atoms with van der Waals surface area (Å²) in [6.07, 6.45) is 2.16. The molecule has 0 radical (unpaired) electrons. The van der Waals surface area contributed by atoms with E-state index in [2.05, 4.69) is 29.1 Å². The van der Waals surface area contributed by atoms with Crippen molar-refractivity contribution in [1.82, 2.24) is 9.97 Å². The lowest BCUT2D eigenvalue weighted by Crippen LogP contribution is -2.15. The number of carbonyl (C=O) groups excluding carboxylic acids is 1. The van der Waals surface area contributed by atoms with Crippen LogP contribution >= 0.6 is 11.3 Å². The van der Waals surface area contributed by atoms with Crippen molar-refractivity contribution in [2.75, 3.05) is 5.32 Å². The van der Waals surface area contributed by atoms with E-state index >= 15 is 0 Å². The third-order valence-corrected chi connectivity index (χ3v) is 4.68. The summed E-state index contributed by atoms with van der Waals surface area (Å²) in [7, 11) is 0. The quantitative estimate of drug-likeness (QED) is 0.922. The first-order chi connectivity index (χ1) is 9.37. The van der Waals surface area contributed by atoms with E-state index in [4.69, 9.17) is 4.42 Å². The van der Waals surface area contributed by atoms with E-state index in [1.807, 2.05) is 0 Å². The molecule has 0 spiro atoms. The second kappa shape index (κ2) is 4.41. The molecule has 1 N–H and O–H groups in total. The molecule has 1 amide bonds. The highest BCUT2D eigenvalue weighted by atomic mass is 32.1. The van der Waals surface area contributed by atoms with Gasteiger partial charge < -0.3 is 4.42 Å². The molecule has 0 atom stereocenters. The van der Waals surface area contributed by atoms with Gasteiger partial charge in [-0.3, -0.25) is 10.1 Å². The number of thiazole rings is 1. The Morgan fingerprint density at radius 3 is 2.70 bits per heavy atom. The summed E-state index contributed by atoms with van der Waals surface area (Å²) in [6, 6.07) is 0. The van der Waals surface area contributed by atoms with Crippen LogP contribution in [0.15, 0.2) is 4.42 Å². The summed E-state index contributed by atoms with van der Waals surface area (Å²) >= 11 is 1.55. The number of anilines is 1. The van der Waals surface area contributed by atoms with Gasteiger partial charge in [0.2, 0.25) is 5.76 Å². The fraction of sp³-hybridized carbons (Fsp3) is 0.500. The molecule has 2 aromatic rings. The Labute approximate surface area is 121 Å². The Balaban J connectivity index is 1.83. The molecule has 2 aromatic heterocycles. The van der Waals surface area contributed by atoms with Gasteiger partial charge in [-0.25, -0.2) is 9.97 Å². The van der Waals surface area contributed by atoms with Crippen LogP contribution in [0.4, 0.5) is 5.13 Å². The minimum atomic E-state index is -0.284. The lowest BCUT2D eigenvalue weighted by atomic mass is 9.91. The van der Waals surface area contributed by atoms with Crippen LogP contribution in [0, 0.1) is 13.8 Å². The van der Waals surface area contributed by atoms with E-state index in [1.54, 1.807) is 25.2 Å². The molecule has 0 saturated heterocycles. The number of amides is 1. The lowest BCUT2D eigenvalue weighted by molar-refractivity contribution is 0.0994. The molecule has 0 saturated carbocycles. The average Bonchev–Trinajstić information content (AvgIpc) is 2.97. The lowest BCUT2D eigenvalue weighted by Gasteiger charge is -2.15. The van der Waals surface area contributed by atoms with E-state index in [0.717, 1.165) is 18.5 Å². The second-order valence-electron chi connectivity index (χ2n) is 5.78. The molecule has 0 bridgehead atoms. The molecule has 20 heavy (non-hydrogen) atoms. The summed E-state index contributed by atoms with van der Waals surface area (Å²) in [5, 5.41) is 3.45. The van der Waals surface area contributed by atoms with Crippen LogP contribution in [0.2, 0.25) is 0 Å². The Morgan fingerprint density at radius 2 is 2.10 bits per heavy atom. The molecule has 6 heteroatoms. The topological polar surface area (TPSA) is 68.0 Å². The summed E-state index contributed by atoms with van der Waals surface area (Å²) in [6.45, 7) is 7.86. The summed E-state index contributed by atoms with van der Waals surface area (Å²) < 4.78 is 5.32. The maximum atomic E-state index is 12.2. The molecule has 0 aromatic carbocycles. The number of nitrogens with zero attached hydrogens (tertiary/aromatic N) is 2. The van der Waals surface area contributed by atoms with E-state index in [0.29, 0.717) is 16.7 Å². The highest BCUT2D eigenvalue weighted by Gasteiger charge is 2.34. The Bertz CT molecular complexity index is 685. The molecule has 0 fully saturated rings. The maximum Gasteiger partial charge on any atom is 0.295 e. The van der Waals surface area contributed by atoms with Gasteiger partial charge in [0.25, 0.3) is 5.91 Å². The Kier molecular flexibility index (Phi) is 2.93.